The van der Waals surface area contributed by atoms with E-state index in [2.05, 4.69) is 0 Å². The zero-order valence-corrected chi connectivity index (χ0v) is 12.7. The summed E-state index contributed by atoms with van der Waals surface area (Å²) < 4.78 is 23.1. The van der Waals surface area contributed by atoms with Gasteiger partial charge in [0.1, 0.15) is 30.0 Å². The molecule has 6 unspecified atom stereocenters. The van der Waals surface area contributed by atoms with E-state index in [1.807, 2.05) is 34.6 Å². The fraction of sp³-hybridized carbons (Fsp3) is 1.00. The minimum atomic E-state index is -0.704. The number of rotatable bonds is 2. The van der Waals surface area contributed by atoms with Crippen LogP contribution in [0.5, 0.6) is 0 Å². The number of aliphatic hydroxyl groups excluding tert-OH is 1. The molecule has 6 atom stereocenters. The van der Waals surface area contributed by atoms with Crippen LogP contribution in [0, 0.1) is 0 Å². The van der Waals surface area contributed by atoms with E-state index in [1.54, 1.807) is 7.11 Å². The van der Waals surface area contributed by atoms with Crippen molar-refractivity contribution in [2.75, 3.05) is 13.7 Å². The van der Waals surface area contributed by atoms with Crippen molar-refractivity contribution < 1.29 is 24.1 Å². The molecule has 0 aliphatic carbocycles. The first-order valence-electron chi connectivity index (χ1n) is 6.86. The Labute approximate surface area is 115 Å². The van der Waals surface area contributed by atoms with Crippen LogP contribution in [0.4, 0.5) is 0 Å². The quantitative estimate of drug-likeness (QED) is 0.818. The van der Waals surface area contributed by atoms with Gasteiger partial charge in [0.05, 0.1) is 18.3 Å². The van der Waals surface area contributed by atoms with Gasteiger partial charge in [-0.1, -0.05) is 0 Å². The van der Waals surface area contributed by atoms with Gasteiger partial charge in [-0.3, -0.25) is 0 Å². The first kappa shape index (κ1) is 15.2. The molecule has 2 fully saturated rings. The number of methoxy groups -OCH3 is 1. The summed E-state index contributed by atoms with van der Waals surface area (Å²) in [5, 5.41) is 10.5. The second-order valence-electron chi connectivity index (χ2n) is 6.74. The molecule has 5 heteroatoms. The molecule has 0 spiro atoms. The predicted molar refractivity (Wildman–Crippen MR) is 70.1 cm³/mol. The van der Waals surface area contributed by atoms with Gasteiger partial charge in [0.15, 0.2) is 0 Å². The molecular weight excluding hydrogens is 248 g/mol. The second-order valence-corrected chi connectivity index (χ2v) is 6.74. The van der Waals surface area contributed by atoms with E-state index in [1.165, 1.54) is 0 Å². The highest BCUT2D eigenvalue weighted by molar-refractivity contribution is 5.05. The van der Waals surface area contributed by atoms with Gasteiger partial charge in [-0.25, -0.2) is 0 Å². The second kappa shape index (κ2) is 4.97. The Morgan fingerprint density at radius 3 is 2.47 bits per heavy atom. The number of hydrogen-bond acceptors (Lipinski definition) is 5. The van der Waals surface area contributed by atoms with Crippen LogP contribution >= 0.6 is 0 Å². The molecule has 0 aromatic heterocycles. The van der Waals surface area contributed by atoms with Crippen LogP contribution in [0.25, 0.3) is 0 Å². The third kappa shape index (κ3) is 2.81. The molecule has 2 aliphatic rings. The van der Waals surface area contributed by atoms with Gasteiger partial charge in [-0.15, -0.1) is 0 Å². The molecule has 2 heterocycles. The summed E-state index contributed by atoms with van der Waals surface area (Å²) in [6.07, 6.45) is -1.95. The molecule has 0 amide bonds. The Bertz CT molecular complexity index is 326. The smallest absolute Gasteiger partial charge is 0.118 e. The molecular formula is C14H26O5. The molecule has 0 bridgehead atoms. The molecule has 2 rings (SSSR count). The third-order valence-corrected chi connectivity index (χ3v) is 3.92. The Balaban J connectivity index is 2.15. The van der Waals surface area contributed by atoms with Crippen molar-refractivity contribution in [3.8, 4) is 0 Å². The van der Waals surface area contributed by atoms with Crippen molar-refractivity contribution in [3.63, 3.8) is 0 Å². The van der Waals surface area contributed by atoms with Gasteiger partial charge >= 0.3 is 0 Å². The summed E-state index contributed by atoms with van der Waals surface area (Å²) in [4.78, 5) is 0. The van der Waals surface area contributed by atoms with E-state index in [9.17, 15) is 5.11 Å². The Kier molecular flexibility index (Phi) is 3.97. The zero-order valence-electron chi connectivity index (χ0n) is 12.7. The zero-order chi connectivity index (χ0) is 14.4. The largest absolute Gasteiger partial charge is 0.387 e. The summed E-state index contributed by atoms with van der Waals surface area (Å²) in [5.74, 6) is 0. The molecule has 1 N–H and O–H groups in total. The van der Waals surface area contributed by atoms with E-state index in [0.717, 1.165) is 0 Å². The fourth-order valence-electron chi connectivity index (χ4n) is 2.80. The molecule has 112 valence electrons. The lowest BCUT2D eigenvalue weighted by Gasteiger charge is -2.45. The van der Waals surface area contributed by atoms with Crippen LogP contribution in [0.1, 0.15) is 34.6 Å². The van der Waals surface area contributed by atoms with Crippen LogP contribution in [0.3, 0.4) is 0 Å². The molecule has 0 aromatic rings. The standard InChI is InChI=1S/C14H26O5/c1-8-10(19-13(2,3)4)9(15)11-12(18-8)14(5,16-6)7-17-11/h8-12,15H,7H2,1-6H3. The monoisotopic (exact) mass is 274 g/mol. The maximum atomic E-state index is 10.5. The SMILES string of the molecule is COC1(C)COC2C(O)C(OC(C)(C)C)C(C)OC21. The highest BCUT2D eigenvalue weighted by atomic mass is 16.6. The first-order chi connectivity index (χ1) is 8.68. The summed E-state index contributed by atoms with van der Waals surface area (Å²) in [6.45, 7) is 10.2. The minimum Gasteiger partial charge on any atom is -0.387 e. The molecule has 2 aliphatic heterocycles. The summed E-state index contributed by atoms with van der Waals surface area (Å²) in [5.41, 5.74) is -0.841. The lowest BCUT2D eigenvalue weighted by atomic mass is 9.88. The predicted octanol–water partition coefficient (Wildman–Crippen LogP) is 1.12. The van der Waals surface area contributed by atoms with Crippen molar-refractivity contribution in [1.82, 2.24) is 0 Å². The van der Waals surface area contributed by atoms with Crippen LogP contribution in [0.2, 0.25) is 0 Å². The van der Waals surface area contributed by atoms with Crippen molar-refractivity contribution in [3.05, 3.63) is 0 Å². The Hall–Kier alpha value is -0.200. The minimum absolute atomic E-state index is 0.202. The maximum absolute atomic E-state index is 10.5. The average Bonchev–Trinajstić information content (AvgIpc) is 2.62. The van der Waals surface area contributed by atoms with E-state index < -0.39 is 17.8 Å². The number of hydrogen-bond donors (Lipinski definition) is 1. The van der Waals surface area contributed by atoms with E-state index in [0.29, 0.717) is 6.61 Å². The Morgan fingerprint density at radius 2 is 1.95 bits per heavy atom. The highest BCUT2D eigenvalue weighted by Gasteiger charge is 2.57. The maximum Gasteiger partial charge on any atom is 0.118 e. The van der Waals surface area contributed by atoms with Crippen LogP contribution in [-0.4, -0.2) is 60.5 Å². The molecule has 5 nitrogen and oxygen atoms in total. The molecule has 2 saturated heterocycles. The van der Waals surface area contributed by atoms with Crippen molar-refractivity contribution in [1.29, 1.82) is 0 Å². The van der Waals surface area contributed by atoms with Crippen LogP contribution < -0.4 is 0 Å². The van der Waals surface area contributed by atoms with Gasteiger partial charge in [-0.2, -0.15) is 0 Å². The Morgan fingerprint density at radius 1 is 1.32 bits per heavy atom. The molecule has 0 radical (unpaired) electrons. The van der Waals surface area contributed by atoms with Gasteiger partial charge in [0.2, 0.25) is 0 Å². The lowest BCUT2D eigenvalue weighted by Crippen LogP contribution is -2.61. The number of ether oxygens (including phenoxy) is 4. The number of aliphatic hydroxyl groups is 1. The highest BCUT2D eigenvalue weighted by Crippen LogP contribution is 2.39. The summed E-state index contributed by atoms with van der Waals surface area (Å²) in [6, 6.07) is 0. The molecule has 0 saturated carbocycles. The fourth-order valence-corrected chi connectivity index (χ4v) is 2.80. The first-order valence-corrected chi connectivity index (χ1v) is 6.86. The van der Waals surface area contributed by atoms with Crippen molar-refractivity contribution >= 4 is 0 Å². The normalized spacial score (nSPS) is 47.2. The molecule has 0 aromatic carbocycles. The summed E-state index contributed by atoms with van der Waals surface area (Å²) in [7, 11) is 1.64. The average molecular weight is 274 g/mol. The molecule has 19 heavy (non-hydrogen) atoms. The van der Waals surface area contributed by atoms with E-state index >= 15 is 0 Å². The van der Waals surface area contributed by atoms with Crippen LogP contribution in [0.15, 0.2) is 0 Å². The van der Waals surface area contributed by atoms with E-state index in [-0.39, 0.29) is 23.9 Å². The summed E-state index contributed by atoms with van der Waals surface area (Å²) >= 11 is 0. The van der Waals surface area contributed by atoms with Gasteiger partial charge < -0.3 is 24.1 Å². The van der Waals surface area contributed by atoms with Crippen LogP contribution in [-0.2, 0) is 18.9 Å². The topological polar surface area (TPSA) is 57.2 Å². The lowest BCUT2D eigenvalue weighted by molar-refractivity contribution is -0.253. The van der Waals surface area contributed by atoms with E-state index in [4.69, 9.17) is 18.9 Å². The van der Waals surface area contributed by atoms with Crippen molar-refractivity contribution in [2.24, 2.45) is 0 Å². The van der Waals surface area contributed by atoms with Crippen molar-refractivity contribution in [2.45, 2.75) is 76.3 Å². The number of fused-ring (bicyclic) bond motifs is 1. The van der Waals surface area contributed by atoms with Gasteiger partial charge in [0, 0.05) is 7.11 Å². The van der Waals surface area contributed by atoms with Gasteiger partial charge in [0.25, 0.3) is 0 Å². The third-order valence-electron chi connectivity index (χ3n) is 3.92. The van der Waals surface area contributed by atoms with Gasteiger partial charge in [-0.05, 0) is 34.6 Å².